The van der Waals surface area contributed by atoms with Gasteiger partial charge in [0.25, 0.3) is 0 Å². The molecule has 3 nitrogen and oxygen atoms in total. The molecule has 0 bridgehead atoms. The second-order valence-corrected chi connectivity index (χ2v) is 6.48. The molecule has 106 valence electrons. The van der Waals surface area contributed by atoms with Crippen LogP contribution in [0.15, 0.2) is 29.6 Å². The van der Waals surface area contributed by atoms with Crippen LogP contribution < -0.4 is 5.32 Å². The molecule has 0 spiro atoms. The van der Waals surface area contributed by atoms with Crippen molar-refractivity contribution in [3.63, 3.8) is 0 Å². The molecule has 1 heterocycles. The van der Waals surface area contributed by atoms with E-state index in [1.807, 2.05) is 0 Å². The van der Waals surface area contributed by atoms with Gasteiger partial charge in [0, 0.05) is 17.2 Å². The van der Waals surface area contributed by atoms with Gasteiger partial charge in [-0.05, 0) is 53.8 Å². The Balaban J connectivity index is 1.59. The monoisotopic (exact) mass is 289 g/mol. The predicted octanol–water partition coefficient (Wildman–Crippen LogP) is 3.07. The SMILES string of the molecule is O=C(NCc1ccc2sccc2c1)[C@H]1CCC[C@@H](O)C1. The van der Waals surface area contributed by atoms with Crippen molar-refractivity contribution in [1.29, 1.82) is 0 Å². The van der Waals surface area contributed by atoms with Gasteiger partial charge in [0.15, 0.2) is 0 Å². The molecule has 2 aromatic rings. The summed E-state index contributed by atoms with van der Waals surface area (Å²) < 4.78 is 1.27. The normalized spacial score (nSPS) is 22.9. The number of nitrogens with one attached hydrogen (secondary N) is 1. The average Bonchev–Trinajstić information content (AvgIpc) is 2.92. The standard InChI is InChI=1S/C16H19NO2S/c18-14-3-1-2-13(9-14)16(19)17-10-11-4-5-15-12(8-11)6-7-20-15/h4-8,13-14,18H,1-3,9-10H2,(H,17,19)/t13-,14+/m0/s1. The molecule has 4 heteroatoms. The molecule has 1 aliphatic carbocycles. The van der Waals surface area contributed by atoms with Crippen LogP contribution >= 0.6 is 11.3 Å². The van der Waals surface area contributed by atoms with E-state index in [0.717, 1.165) is 24.8 Å². The summed E-state index contributed by atoms with van der Waals surface area (Å²) in [6.45, 7) is 0.567. The molecule has 1 aromatic heterocycles. The molecule has 0 aliphatic heterocycles. The Morgan fingerprint density at radius 2 is 2.25 bits per heavy atom. The lowest BCUT2D eigenvalue weighted by Gasteiger charge is -2.24. The summed E-state index contributed by atoms with van der Waals surface area (Å²) in [4.78, 5) is 12.1. The number of carbonyl (C=O) groups excluding carboxylic acids is 1. The first kappa shape index (κ1) is 13.6. The third-order valence-corrected chi connectivity index (χ3v) is 4.90. The Hall–Kier alpha value is -1.39. The molecule has 2 N–H and O–H groups in total. The number of thiophene rings is 1. The Labute approximate surface area is 122 Å². The van der Waals surface area contributed by atoms with E-state index in [2.05, 4.69) is 35.0 Å². The molecule has 1 fully saturated rings. The van der Waals surface area contributed by atoms with Crippen LogP contribution in [0.3, 0.4) is 0 Å². The highest BCUT2D eigenvalue weighted by Crippen LogP contribution is 2.25. The fourth-order valence-corrected chi connectivity index (χ4v) is 3.63. The minimum Gasteiger partial charge on any atom is -0.393 e. The lowest BCUT2D eigenvalue weighted by atomic mass is 9.86. The summed E-state index contributed by atoms with van der Waals surface area (Å²) >= 11 is 1.73. The minimum absolute atomic E-state index is 0.0244. The first-order chi connectivity index (χ1) is 9.72. The largest absolute Gasteiger partial charge is 0.393 e. The molecule has 1 aromatic carbocycles. The quantitative estimate of drug-likeness (QED) is 0.912. The fraction of sp³-hybridized carbons (Fsp3) is 0.438. The van der Waals surface area contributed by atoms with Gasteiger partial charge in [-0.15, -0.1) is 11.3 Å². The number of hydrogen-bond acceptors (Lipinski definition) is 3. The van der Waals surface area contributed by atoms with Gasteiger partial charge in [0.05, 0.1) is 6.10 Å². The molecule has 3 rings (SSSR count). The van der Waals surface area contributed by atoms with Crippen molar-refractivity contribution in [1.82, 2.24) is 5.32 Å². The van der Waals surface area contributed by atoms with Crippen molar-refractivity contribution in [2.45, 2.75) is 38.3 Å². The van der Waals surface area contributed by atoms with Gasteiger partial charge in [-0.3, -0.25) is 4.79 Å². The minimum atomic E-state index is -0.304. The zero-order valence-electron chi connectivity index (χ0n) is 11.3. The van der Waals surface area contributed by atoms with Gasteiger partial charge in [0.1, 0.15) is 0 Å². The first-order valence-electron chi connectivity index (χ1n) is 7.14. The number of aliphatic hydroxyl groups is 1. The maximum absolute atomic E-state index is 12.1. The summed E-state index contributed by atoms with van der Waals surface area (Å²) in [5.74, 6) is 0.0535. The number of carbonyl (C=O) groups is 1. The van der Waals surface area contributed by atoms with E-state index < -0.39 is 0 Å². The molecular weight excluding hydrogens is 270 g/mol. The zero-order valence-corrected chi connectivity index (χ0v) is 12.2. The summed E-state index contributed by atoms with van der Waals surface area (Å²) in [7, 11) is 0. The van der Waals surface area contributed by atoms with Crippen LogP contribution in [0, 0.1) is 5.92 Å². The van der Waals surface area contributed by atoms with E-state index in [-0.39, 0.29) is 17.9 Å². The Morgan fingerprint density at radius 1 is 1.35 bits per heavy atom. The maximum atomic E-state index is 12.1. The number of hydrogen-bond donors (Lipinski definition) is 2. The van der Waals surface area contributed by atoms with Gasteiger partial charge in [-0.25, -0.2) is 0 Å². The van der Waals surface area contributed by atoms with E-state index in [1.165, 1.54) is 10.1 Å². The number of fused-ring (bicyclic) bond motifs is 1. The van der Waals surface area contributed by atoms with Gasteiger partial charge in [-0.1, -0.05) is 12.5 Å². The van der Waals surface area contributed by atoms with Crippen molar-refractivity contribution in [3.8, 4) is 0 Å². The van der Waals surface area contributed by atoms with Gasteiger partial charge in [-0.2, -0.15) is 0 Å². The van der Waals surface area contributed by atoms with Crippen LogP contribution in [0.2, 0.25) is 0 Å². The Bertz CT molecular complexity index is 607. The number of benzene rings is 1. The average molecular weight is 289 g/mol. The topological polar surface area (TPSA) is 49.3 Å². The first-order valence-corrected chi connectivity index (χ1v) is 8.02. The number of aliphatic hydroxyl groups excluding tert-OH is 1. The lowest BCUT2D eigenvalue weighted by Crippen LogP contribution is -2.34. The summed E-state index contributed by atoms with van der Waals surface area (Å²) in [5.41, 5.74) is 1.13. The predicted molar refractivity (Wildman–Crippen MR) is 81.6 cm³/mol. The van der Waals surface area contributed by atoms with Crippen molar-refractivity contribution in [2.75, 3.05) is 0 Å². The van der Waals surface area contributed by atoms with E-state index in [9.17, 15) is 9.90 Å². The molecule has 1 aliphatic rings. The van der Waals surface area contributed by atoms with Crippen LogP contribution in [0.4, 0.5) is 0 Å². The molecular formula is C16H19NO2S. The molecule has 20 heavy (non-hydrogen) atoms. The highest BCUT2D eigenvalue weighted by Gasteiger charge is 2.25. The van der Waals surface area contributed by atoms with E-state index in [0.29, 0.717) is 13.0 Å². The molecule has 1 saturated carbocycles. The van der Waals surface area contributed by atoms with Crippen LogP contribution in [-0.2, 0) is 11.3 Å². The molecule has 0 unspecified atom stereocenters. The van der Waals surface area contributed by atoms with Gasteiger partial charge < -0.3 is 10.4 Å². The van der Waals surface area contributed by atoms with Crippen molar-refractivity contribution >= 4 is 27.3 Å². The van der Waals surface area contributed by atoms with Gasteiger partial charge >= 0.3 is 0 Å². The number of amides is 1. The summed E-state index contributed by atoms with van der Waals surface area (Å²) in [6.07, 6.45) is 2.97. The van der Waals surface area contributed by atoms with Crippen molar-refractivity contribution in [3.05, 3.63) is 35.2 Å². The Kier molecular flexibility index (Phi) is 4.03. The molecule has 0 saturated heterocycles. The fourth-order valence-electron chi connectivity index (χ4n) is 2.86. The van der Waals surface area contributed by atoms with Gasteiger partial charge in [0.2, 0.25) is 5.91 Å². The van der Waals surface area contributed by atoms with Crippen LogP contribution in [0.5, 0.6) is 0 Å². The van der Waals surface area contributed by atoms with Crippen molar-refractivity contribution < 1.29 is 9.90 Å². The molecule has 0 radical (unpaired) electrons. The second-order valence-electron chi connectivity index (χ2n) is 5.53. The highest BCUT2D eigenvalue weighted by molar-refractivity contribution is 7.17. The second kappa shape index (κ2) is 5.94. The maximum Gasteiger partial charge on any atom is 0.223 e. The van der Waals surface area contributed by atoms with Crippen LogP contribution in [-0.4, -0.2) is 17.1 Å². The van der Waals surface area contributed by atoms with E-state index in [4.69, 9.17) is 0 Å². The third-order valence-electron chi connectivity index (χ3n) is 4.00. The summed E-state index contributed by atoms with van der Waals surface area (Å²) in [6, 6.07) is 8.39. The lowest BCUT2D eigenvalue weighted by molar-refractivity contribution is -0.127. The summed E-state index contributed by atoms with van der Waals surface area (Å²) in [5, 5.41) is 15.9. The third kappa shape index (κ3) is 3.02. The highest BCUT2D eigenvalue weighted by atomic mass is 32.1. The number of rotatable bonds is 3. The van der Waals surface area contributed by atoms with E-state index >= 15 is 0 Å². The molecule has 2 atom stereocenters. The molecule has 1 amide bonds. The van der Waals surface area contributed by atoms with Crippen LogP contribution in [0.1, 0.15) is 31.2 Å². The Morgan fingerprint density at radius 3 is 3.10 bits per heavy atom. The smallest absolute Gasteiger partial charge is 0.223 e. The zero-order chi connectivity index (χ0) is 13.9. The van der Waals surface area contributed by atoms with Crippen molar-refractivity contribution in [2.24, 2.45) is 5.92 Å². The van der Waals surface area contributed by atoms with Crippen LogP contribution in [0.25, 0.3) is 10.1 Å². The van der Waals surface area contributed by atoms with E-state index in [1.54, 1.807) is 11.3 Å².